The second kappa shape index (κ2) is 11.1. The molecule has 3 rings (SSSR count). The lowest BCUT2D eigenvalue weighted by Gasteiger charge is -2.14. The van der Waals surface area contributed by atoms with E-state index in [2.05, 4.69) is 30.6 Å². The minimum absolute atomic E-state index is 0.203. The molecule has 182 valence electrons. The number of sulfone groups is 1. The Morgan fingerprint density at radius 1 is 1.03 bits per heavy atom. The average molecular weight is 530 g/mol. The highest BCUT2D eigenvalue weighted by Gasteiger charge is 2.15. The van der Waals surface area contributed by atoms with Crippen molar-refractivity contribution < 1.29 is 13.2 Å². The van der Waals surface area contributed by atoms with Crippen molar-refractivity contribution in [3.63, 3.8) is 0 Å². The Hall–Kier alpha value is -3.05. The second-order valence-corrected chi connectivity index (χ2v) is 11.5. The molecule has 0 bridgehead atoms. The minimum Gasteiger partial charge on any atom is -0.334 e. The molecule has 0 aliphatic carbocycles. The van der Waals surface area contributed by atoms with Gasteiger partial charge in [0.1, 0.15) is 0 Å². The number of hydrogen-bond acceptors (Lipinski definition) is 4. The van der Waals surface area contributed by atoms with Crippen LogP contribution in [0.25, 0.3) is 11.1 Å². The van der Waals surface area contributed by atoms with Gasteiger partial charge in [-0.15, -0.1) is 0 Å². The summed E-state index contributed by atoms with van der Waals surface area (Å²) >= 11 is 13.0. The Kier molecular flexibility index (Phi) is 8.44. The van der Waals surface area contributed by atoms with Crippen LogP contribution in [0.3, 0.4) is 0 Å². The van der Waals surface area contributed by atoms with Crippen molar-refractivity contribution >= 4 is 44.8 Å². The van der Waals surface area contributed by atoms with Crippen LogP contribution >= 0.6 is 23.2 Å². The zero-order valence-electron chi connectivity index (χ0n) is 19.5. The molecular formula is C26H25Cl2N3O3S. The van der Waals surface area contributed by atoms with E-state index in [1.165, 1.54) is 12.1 Å². The number of urea groups is 1. The first-order valence-corrected chi connectivity index (χ1v) is 13.5. The van der Waals surface area contributed by atoms with Crippen LogP contribution in [-0.2, 0) is 22.8 Å². The summed E-state index contributed by atoms with van der Waals surface area (Å²) in [6.45, 7) is 4.40. The van der Waals surface area contributed by atoms with Gasteiger partial charge in [-0.1, -0.05) is 61.3 Å². The lowest BCUT2D eigenvalue weighted by atomic mass is 9.94. The van der Waals surface area contributed by atoms with Gasteiger partial charge in [-0.2, -0.15) is 5.26 Å². The van der Waals surface area contributed by atoms with Crippen LogP contribution in [0, 0.1) is 17.2 Å². The third-order valence-corrected chi connectivity index (χ3v) is 6.98. The highest BCUT2D eigenvalue weighted by atomic mass is 35.5. The van der Waals surface area contributed by atoms with Crippen LogP contribution in [0.1, 0.15) is 30.5 Å². The SMILES string of the molecule is CC(C)Cc1ccc(-c2c(Cl)cc(NC(=O)NCc3ccc(S(C)(=O)=O)cc3)cc2Cl)cc1C#N. The number of carbonyl (C=O) groups excluding carboxylic acids is 1. The van der Waals surface area contributed by atoms with E-state index in [1.54, 1.807) is 30.3 Å². The fourth-order valence-electron chi connectivity index (χ4n) is 3.59. The van der Waals surface area contributed by atoms with E-state index < -0.39 is 15.9 Å². The van der Waals surface area contributed by atoms with Gasteiger partial charge in [0.05, 0.1) is 26.6 Å². The monoisotopic (exact) mass is 529 g/mol. The van der Waals surface area contributed by atoms with Crippen molar-refractivity contribution in [1.82, 2.24) is 5.32 Å². The summed E-state index contributed by atoms with van der Waals surface area (Å²) in [5.41, 5.74) is 4.00. The summed E-state index contributed by atoms with van der Waals surface area (Å²) in [6, 6.07) is 16.8. The number of rotatable bonds is 7. The van der Waals surface area contributed by atoms with Gasteiger partial charge in [0.15, 0.2) is 9.84 Å². The van der Waals surface area contributed by atoms with E-state index in [1.807, 2.05) is 12.1 Å². The summed E-state index contributed by atoms with van der Waals surface area (Å²) in [5, 5.41) is 15.6. The van der Waals surface area contributed by atoms with Crippen LogP contribution in [-0.4, -0.2) is 20.7 Å². The zero-order chi connectivity index (χ0) is 25.8. The lowest BCUT2D eigenvalue weighted by Crippen LogP contribution is -2.28. The van der Waals surface area contributed by atoms with Crippen molar-refractivity contribution in [2.75, 3.05) is 11.6 Å². The van der Waals surface area contributed by atoms with E-state index in [-0.39, 0.29) is 11.4 Å². The van der Waals surface area contributed by atoms with Crippen LogP contribution in [0.15, 0.2) is 59.5 Å². The maximum absolute atomic E-state index is 12.4. The Morgan fingerprint density at radius 3 is 2.20 bits per heavy atom. The summed E-state index contributed by atoms with van der Waals surface area (Å²) in [6.07, 6.45) is 1.93. The van der Waals surface area contributed by atoms with E-state index in [4.69, 9.17) is 23.2 Å². The van der Waals surface area contributed by atoms with Crippen molar-refractivity contribution in [2.45, 2.75) is 31.7 Å². The third kappa shape index (κ3) is 6.98. The van der Waals surface area contributed by atoms with E-state index in [0.29, 0.717) is 32.8 Å². The molecule has 0 saturated heterocycles. The summed E-state index contributed by atoms with van der Waals surface area (Å²) in [7, 11) is -3.28. The maximum atomic E-state index is 12.4. The van der Waals surface area contributed by atoms with Gasteiger partial charge in [0, 0.05) is 24.1 Å². The molecule has 3 aromatic carbocycles. The molecule has 0 unspecified atom stereocenters. The van der Waals surface area contributed by atoms with E-state index in [9.17, 15) is 18.5 Å². The standard InChI is InChI=1S/C26H25Cl2N3O3S/c1-16(2)10-18-6-7-19(11-20(18)14-29)25-23(27)12-21(13-24(25)28)31-26(32)30-15-17-4-8-22(9-5-17)35(3,33)34/h4-9,11-13,16H,10,15H2,1-3H3,(H2,30,31,32). The molecule has 6 nitrogen and oxygen atoms in total. The molecule has 9 heteroatoms. The molecule has 0 fully saturated rings. The number of hydrogen-bond donors (Lipinski definition) is 2. The summed E-state index contributed by atoms with van der Waals surface area (Å²) < 4.78 is 23.1. The van der Waals surface area contributed by atoms with Gasteiger partial charge >= 0.3 is 6.03 Å². The Morgan fingerprint density at radius 2 is 1.66 bits per heavy atom. The van der Waals surface area contributed by atoms with Gasteiger partial charge in [-0.25, -0.2) is 13.2 Å². The van der Waals surface area contributed by atoms with Crippen molar-refractivity contribution in [3.8, 4) is 17.2 Å². The molecule has 0 aliphatic heterocycles. The zero-order valence-corrected chi connectivity index (χ0v) is 21.9. The minimum atomic E-state index is -3.28. The molecular weight excluding hydrogens is 505 g/mol. The largest absolute Gasteiger partial charge is 0.334 e. The van der Waals surface area contributed by atoms with E-state index >= 15 is 0 Å². The predicted molar refractivity (Wildman–Crippen MR) is 141 cm³/mol. The molecule has 0 aromatic heterocycles. The first-order chi connectivity index (χ1) is 16.5. The van der Waals surface area contributed by atoms with Crippen LogP contribution < -0.4 is 10.6 Å². The second-order valence-electron chi connectivity index (χ2n) is 8.62. The normalized spacial score (nSPS) is 11.2. The average Bonchev–Trinajstić information content (AvgIpc) is 2.77. The topological polar surface area (TPSA) is 99.1 Å². The molecule has 2 amide bonds. The Labute approximate surface area is 215 Å². The van der Waals surface area contributed by atoms with E-state index in [0.717, 1.165) is 29.4 Å². The van der Waals surface area contributed by atoms with Crippen LogP contribution in [0.5, 0.6) is 0 Å². The van der Waals surface area contributed by atoms with Gasteiger partial charge in [-0.3, -0.25) is 0 Å². The smallest absolute Gasteiger partial charge is 0.319 e. The molecule has 0 spiro atoms. The van der Waals surface area contributed by atoms with Gasteiger partial charge in [0.2, 0.25) is 0 Å². The van der Waals surface area contributed by atoms with Crippen molar-refractivity contribution in [3.05, 3.63) is 81.3 Å². The fourth-order valence-corrected chi connectivity index (χ4v) is 4.92. The summed E-state index contributed by atoms with van der Waals surface area (Å²) in [5.74, 6) is 0.420. The molecule has 0 atom stereocenters. The predicted octanol–water partition coefficient (Wildman–Crippen LogP) is 6.46. The molecule has 3 aromatic rings. The first kappa shape index (κ1) is 26.6. The Balaban J connectivity index is 1.72. The molecule has 2 N–H and O–H groups in total. The number of benzene rings is 3. The number of amides is 2. The third-order valence-electron chi connectivity index (χ3n) is 5.25. The number of nitriles is 1. The number of nitrogens with one attached hydrogen (secondary N) is 2. The lowest BCUT2D eigenvalue weighted by molar-refractivity contribution is 0.251. The summed E-state index contributed by atoms with van der Waals surface area (Å²) in [4.78, 5) is 12.6. The highest BCUT2D eigenvalue weighted by molar-refractivity contribution is 7.90. The first-order valence-electron chi connectivity index (χ1n) is 10.8. The molecule has 0 aliphatic rings. The van der Waals surface area contributed by atoms with Crippen LogP contribution in [0.4, 0.5) is 10.5 Å². The molecule has 35 heavy (non-hydrogen) atoms. The van der Waals surface area contributed by atoms with Crippen molar-refractivity contribution in [1.29, 1.82) is 5.26 Å². The molecule has 0 saturated carbocycles. The number of nitrogens with zero attached hydrogens (tertiary/aromatic N) is 1. The quantitative estimate of drug-likeness (QED) is 0.367. The molecule has 0 heterocycles. The van der Waals surface area contributed by atoms with Crippen molar-refractivity contribution in [2.24, 2.45) is 5.92 Å². The van der Waals surface area contributed by atoms with Gasteiger partial charge in [-0.05, 0) is 59.4 Å². The Bertz CT molecular complexity index is 1370. The van der Waals surface area contributed by atoms with Gasteiger partial charge in [0.25, 0.3) is 0 Å². The number of halogens is 2. The number of anilines is 1. The van der Waals surface area contributed by atoms with Crippen LogP contribution in [0.2, 0.25) is 10.0 Å². The highest BCUT2D eigenvalue weighted by Crippen LogP contribution is 2.38. The fraction of sp³-hybridized carbons (Fsp3) is 0.231. The number of carbonyl (C=O) groups is 1. The molecule has 0 radical (unpaired) electrons. The maximum Gasteiger partial charge on any atom is 0.319 e. The van der Waals surface area contributed by atoms with Gasteiger partial charge < -0.3 is 10.6 Å².